The lowest BCUT2D eigenvalue weighted by Gasteiger charge is -2.16. The van der Waals surface area contributed by atoms with Gasteiger partial charge in [-0.2, -0.15) is 5.10 Å². The SMILES string of the molecule is COC(=O)C(c1ccc(Cl)nn1)c1cc(C)c(C(=O)c2ccc(Cl)cc2)n1C. The highest BCUT2D eigenvalue weighted by atomic mass is 35.5. The van der Waals surface area contributed by atoms with E-state index in [1.54, 1.807) is 54.1 Å². The van der Waals surface area contributed by atoms with E-state index in [0.717, 1.165) is 5.56 Å². The van der Waals surface area contributed by atoms with Crippen LogP contribution < -0.4 is 0 Å². The van der Waals surface area contributed by atoms with Crippen LogP contribution in [0.15, 0.2) is 42.5 Å². The van der Waals surface area contributed by atoms with Crippen molar-refractivity contribution in [2.75, 3.05) is 7.11 Å². The number of ether oxygens (including phenoxy) is 1. The molecule has 8 heteroatoms. The molecule has 144 valence electrons. The van der Waals surface area contributed by atoms with Gasteiger partial charge in [-0.3, -0.25) is 9.59 Å². The Bertz CT molecular complexity index is 1030. The number of hydrogen-bond acceptors (Lipinski definition) is 5. The first-order valence-electron chi connectivity index (χ1n) is 8.37. The van der Waals surface area contributed by atoms with E-state index in [-0.39, 0.29) is 10.9 Å². The van der Waals surface area contributed by atoms with Crippen LogP contribution in [-0.2, 0) is 16.6 Å². The first-order valence-corrected chi connectivity index (χ1v) is 9.12. The predicted octanol–water partition coefficient (Wildman–Crippen LogP) is 3.97. The highest BCUT2D eigenvalue weighted by Gasteiger charge is 2.31. The Morgan fingerprint density at radius 2 is 1.75 bits per heavy atom. The van der Waals surface area contributed by atoms with Gasteiger partial charge in [0, 0.05) is 23.3 Å². The molecular formula is C20H17Cl2N3O3. The van der Waals surface area contributed by atoms with E-state index in [4.69, 9.17) is 27.9 Å². The fourth-order valence-corrected chi connectivity index (χ4v) is 3.34. The molecule has 28 heavy (non-hydrogen) atoms. The largest absolute Gasteiger partial charge is 0.468 e. The van der Waals surface area contributed by atoms with Crippen LogP contribution in [0.5, 0.6) is 0 Å². The van der Waals surface area contributed by atoms with Gasteiger partial charge in [0.15, 0.2) is 5.15 Å². The summed E-state index contributed by atoms with van der Waals surface area (Å²) in [7, 11) is 3.03. The van der Waals surface area contributed by atoms with E-state index in [1.165, 1.54) is 7.11 Å². The van der Waals surface area contributed by atoms with Gasteiger partial charge in [0.2, 0.25) is 5.78 Å². The molecule has 3 rings (SSSR count). The van der Waals surface area contributed by atoms with Crippen molar-refractivity contribution in [3.63, 3.8) is 0 Å². The lowest BCUT2D eigenvalue weighted by Crippen LogP contribution is -2.21. The molecule has 0 saturated carbocycles. The minimum atomic E-state index is -0.842. The molecular weight excluding hydrogens is 401 g/mol. The highest BCUT2D eigenvalue weighted by Crippen LogP contribution is 2.29. The molecule has 0 aliphatic rings. The van der Waals surface area contributed by atoms with Gasteiger partial charge >= 0.3 is 5.97 Å². The Balaban J connectivity index is 2.09. The zero-order chi connectivity index (χ0) is 20.4. The molecule has 0 saturated heterocycles. The summed E-state index contributed by atoms with van der Waals surface area (Å²) in [6.07, 6.45) is 0. The lowest BCUT2D eigenvalue weighted by molar-refractivity contribution is -0.141. The van der Waals surface area contributed by atoms with Crippen LogP contribution in [-0.4, -0.2) is 33.6 Å². The summed E-state index contributed by atoms with van der Waals surface area (Å²) in [5.41, 5.74) is 2.64. The van der Waals surface area contributed by atoms with Gasteiger partial charge in [0.1, 0.15) is 5.92 Å². The number of esters is 1. The van der Waals surface area contributed by atoms with Gasteiger partial charge in [0.25, 0.3) is 0 Å². The van der Waals surface area contributed by atoms with Crippen molar-refractivity contribution in [2.45, 2.75) is 12.8 Å². The van der Waals surface area contributed by atoms with Crippen molar-refractivity contribution >= 4 is 35.0 Å². The minimum Gasteiger partial charge on any atom is -0.468 e. The van der Waals surface area contributed by atoms with E-state index in [0.29, 0.717) is 27.7 Å². The maximum Gasteiger partial charge on any atom is 0.320 e. The van der Waals surface area contributed by atoms with E-state index < -0.39 is 11.9 Å². The molecule has 0 aliphatic carbocycles. The van der Waals surface area contributed by atoms with Gasteiger partial charge in [0.05, 0.1) is 18.5 Å². The number of ketones is 1. The van der Waals surface area contributed by atoms with Gasteiger partial charge in [-0.1, -0.05) is 23.2 Å². The third-order valence-corrected chi connectivity index (χ3v) is 4.92. The molecule has 0 radical (unpaired) electrons. The maximum atomic E-state index is 13.0. The number of nitrogens with zero attached hydrogens (tertiary/aromatic N) is 3. The molecule has 1 aromatic carbocycles. The number of carbonyl (C=O) groups excluding carboxylic acids is 2. The molecule has 6 nitrogen and oxygen atoms in total. The zero-order valence-corrected chi connectivity index (χ0v) is 17.0. The van der Waals surface area contributed by atoms with Crippen molar-refractivity contribution in [3.8, 4) is 0 Å². The number of benzene rings is 1. The van der Waals surface area contributed by atoms with E-state index >= 15 is 0 Å². The molecule has 0 fully saturated rings. The molecule has 2 aromatic heterocycles. The summed E-state index contributed by atoms with van der Waals surface area (Å²) in [4.78, 5) is 25.5. The summed E-state index contributed by atoms with van der Waals surface area (Å²) >= 11 is 11.7. The Morgan fingerprint density at radius 3 is 2.32 bits per heavy atom. The number of hydrogen-bond donors (Lipinski definition) is 0. The zero-order valence-electron chi connectivity index (χ0n) is 15.4. The number of rotatable bonds is 5. The standard InChI is InChI=1S/C20H17Cl2N3O3/c1-11-10-15(17(20(27)28-3)14-8-9-16(22)24-23-14)25(2)18(11)19(26)12-4-6-13(21)7-5-12/h4-10,17H,1-3H3. The molecule has 0 amide bonds. The Morgan fingerprint density at radius 1 is 1.07 bits per heavy atom. The molecule has 0 aliphatic heterocycles. The fourth-order valence-electron chi connectivity index (χ4n) is 3.12. The first kappa shape index (κ1) is 20.0. The summed E-state index contributed by atoms with van der Waals surface area (Å²) < 4.78 is 6.65. The molecule has 1 atom stereocenters. The summed E-state index contributed by atoms with van der Waals surface area (Å²) in [5, 5.41) is 8.60. The summed E-state index contributed by atoms with van der Waals surface area (Å²) in [6.45, 7) is 1.81. The normalized spacial score (nSPS) is 11.9. The second kappa shape index (κ2) is 8.12. The Labute approximate surface area is 172 Å². The van der Waals surface area contributed by atoms with E-state index in [9.17, 15) is 9.59 Å². The smallest absolute Gasteiger partial charge is 0.320 e. The van der Waals surface area contributed by atoms with Crippen LogP contribution in [0.1, 0.15) is 38.9 Å². The van der Waals surface area contributed by atoms with Crippen LogP contribution in [0.25, 0.3) is 0 Å². The second-order valence-corrected chi connectivity index (χ2v) is 7.06. The number of aromatic nitrogens is 3. The second-order valence-electron chi connectivity index (χ2n) is 6.23. The molecule has 0 bridgehead atoms. The van der Waals surface area contributed by atoms with E-state index in [2.05, 4.69) is 10.2 Å². The average Bonchev–Trinajstić information content (AvgIpc) is 2.97. The van der Waals surface area contributed by atoms with Crippen LogP contribution in [0.3, 0.4) is 0 Å². The molecule has 0 N–H and O–H groups in total. The number of aryl methyl sites for hydroxylation is 1. The third-order valence-electron chi connectivity index (χ3n) is 4.46. The number of halogens is 2. The quantitative estimate of drug-likeness (QED) is 0.463. The topological polar surface area (TPSA) is 74.1 Å². The van der Waals surface area contributed by atoms with Crippen molar-refractivity contribution in [1.82, 2.24) is 14.8 Å². The Hall–Kier alpha value is -2.70. The van der Waals surface area contributed by atoms with Gasteiger partial charge in [-0.05, 0) is 55.0 Å². The maximum absolute atomic E-state index is 13.0. The average molecular weight is 418 g/mol. The van der Waals surface area contributed by atoms with Gasteiger partial charge < -0.3 is 9.30 Å². The highest BCUT2D eigenvalue weighted by molar-refractivity contribution is 6.30. The van der Waals surface area contributed by atoms with Crippen molar-refractivity contribution < 1.29 is 14.3 Å². The first-order chi connectivity index (χ1) is 13.3. The number of methoxy groups -OCH3 is 1. The van der Waals surface area contributed by atoms with Crippen LogP contribution >= 0.6 is 23.2 Å². The molecule has 0 spiro atoms. The molecule has 2 heterocycles. The summed E-state index contributed by atoms with van der Waals surface area (Å²) in [5.74, 6) is -1.53. The predicted molar refractivity (Wildman–Crippen MR) is 106 cm³/mol. The van der Waals surface area contributed by atoms with Crippen LogP contribution in [0, 0.1) is 6.92 Å². The lowest BCUT2D eigenvalue weighted by atomic mass is 10.0. The van der Waals surface area contributed by atoms with Gasteiger partial charge in [-0.25, -0.2) is 0 Å². The van der Waals surface area contributed by atoms with E-state index in [1.807, 2.05) is 6.92 Å². The van der Waals surface area contributed by atoms with Gasteiger partial charge in [-0.15, -0.1) is 5.10 Å². The van der Waals surface area contributed by atoms with Crippen LogP contribution in [0.4, 0.5) is 0 Å². The minimum absolute atomic E-state index is 0.172. The monoisotopic (exact) mass is 417 g/mol. The van der Waals surface area contributed by atoms with Crippen LogP contribution in [0.2, 0.25) is 10.2 Å². The van der Waals surface area contributed by atoms with Crippen molar-refractivity contribution in [3.05, 3.63) is 80.8 Å². The van der Waals surface area contributed by atoms with Crippen molar-refractivity contribution in [1.29, 1.82) is 0 Å². The molecule has 3 aromatic rings. The fraction of sp³-hybridized carbons (Fsp3) is 0.200. The third kappa shape index (κ3) is 3.79. The number of carbonyl (C=O) groups is 2. The van der Waals surface area contributed by atoms with Crippen molar-refractivity contribution in [2.24, 2.45) is 7.05 Å². The summed E-state index contributed by atoms with van der Waals surface area (Å²) in [6, 6.07) is 11.6. The Kier molecular flexibility index (Phi) is 5.82. The molecule has 1 unspecified atom stereocenters.